The lowest BCUT2D eigenvalue weighted by Gasteiger charge is -2.36. The van der Waals surface area contributed by atoms with Crippen LogP contribution in [0.25, 0.3) is 0 Å². The largest absolute Gasteiger partial charge is 0.478 e. The van der Waals surface area contributed by atoms with Crippen molar-refractivity contribution in [3.8, 4) is 0 Å². The van der Waals surface area contributed by atoms with E-state index in [1.165, 1.54) is 13.8 Å². The summed E-state index contributed by atoms with van der Waals surface area (Å²) < 4.78 is 4.66. The second kappa shape index (κ2) is 2.70. The van der Waals surface area contributed by atoms with Gasteiger partial charge in [0.15, 0.2) is 5.60 Å². The molecule has 1 rings (SSSR count). The number of carboxylic acid groups (broad SMARTS) is 1. The number of hydrogen-bond acceptors (Lipinski definition) is 4. The molecule has 0 bridgehead atoms. The molecule has 1 heterocycles. The number of cyclic esters (lactones) is 1. The van der Waals surface area contributed by atoms with Crippen molar-refractivity contribution in [3.63, 3.8) is 0 Å². The third-order valence-corrected chi connectivity index (χ3v) is 2.30. The van der Waals surface area contributed by atoms with Crippen LogP contribution in [0.4, 0.5) is 0 Å². The molecule has 0 aliphatic carbocycles. The molecular formula is C8H12O5. The summed E-state index contributed by atoms with van der Waals surface area (Å²) in [5, 5.41) is 18.1. The van der Waals surface area contributed by atoms with E-state index < -0.39 is 23.1 Å². The van der Waals surface area contributed by atoms with E-state index in [0.717, 1.165) is 0 Å². The van der Waals surface area contributed by atoms with Crippen LogP contribution < -0.4 is 0 Å². The van der Waals surface area contributed by atoms with E-state index >= 15 is 0 Å². The van der Waals surface area contributed by atoms with Crippen molar-refractivity contribution in [3.05, 3.63) is 0 Å². The minimum absolute atomic E-state index is 0.106. The predicted molar refractivity (Wildman–Crippen MR) is 42.0 cm³/mol. The zero-order valence-electron chi connectivity index (χ0n) is 7.53. The van der Waals surface area contributed by atoms with Crippen LogP contribution in [0.1, 0.15) is 26.7 Å². The van der Waals surface area contributed by atoms with E-state index in [9.17, 15) is 14.7 Å². The average Bonchev–Trinajstić information content (AvgIpc) is 1.98. The van der Waals surface area contributed by atoms with E-state index in [0.29, 0.717) is 0 Å². The number of ether oxygens (including phenoxy) is 1. The van der Waals surface area contributed by atoms with Gasteiger partial charge in [0.05, 0.1) is 0 Å². The molecule has 0 amide bonds. The first kappa shape index (κ1) is 9.98. The molecule has 5 nitrogen and oxygen atoms in total. The van der Waals surface area contributed by atoms with E-state index in [1.54, 1.807) is 0 Å². The third-order valence-electron chi connectivity index (χ3n) is 2.30. The van der Waals surface area contributed by atoms with Crippen LogP contribution in [0, 0.1) is 0 Å². The highest BCUT2D eigenvalue weighted by molar-refractivity contribution is 5.86. The van der Waals surface area contributed by atoms with E-state index in [4.69, 9.17) is 5.11 Å². The summed E-state index contributed by atoms with van der Waals surface area (Å²) in [6.07, 6.45) is 0.232. The molecule has 1 aliphatic heterocycles. The predicted octanol–water partition coefficient (Wildman–Crippen LogP) is -0.0823. The number of carbonyl (C=O) groups excluding carboxylic acids is 1. The Labute approximate surface area is 75.3 Å². The first-order valence-corrected chi connectivity index (χ1v) is 3.97. The second-order valence-electron chi connectivity index (χ2n) is 3.70. The van der Waals surface area contributed by atoms with Crippen molar-refractivity contribution >= 4 is 11.9 Å². The Kier molecular flexibility index (Phi) is 2.07. The summed E-state index contributed by atoms with van der Waals surface area (Å²) in [6.45, 7) is 2.64. The van der Waals surface area contributed by atoms with Crippen molar-refractivity contribution in [1.82, 2.24) is 0 Å². The van der Waals surface area contributed by atoms with Gasteiger partial charge in [0, 0.05) is 6.42 Å². The molecule has 0 spiro atoms. The Morgan fingerprint density at radius 3 is 2.38 bits per heavy atom. The summed E-state index contributed by atoms with van der Waals surface area (Å²) in [7, 11) is 0. The Balaban J connectivity index is 2.82. The Morgan fingerprint density at radius 2 is 2.00 bits per heavy atom. The SMILES string of the molecule is CC1(O)CCC(C)(C(=O)O)OC1=O. The van der Waals surface area contributed by atoms with Crippen LogP contribution in [-0.2, 0) is 14.3 Å². The first-order valence-electron chi connectivity index (χ1n) is 3.97. The minimum atomic E-state index is -1.55. The van der Waals surface area contributed by atoms with Gasteiger partial charge in [0.1, 0.15) is 0 Å². The van der Waals surface area contributed by atoms with Crippen LogP contribution in [0.15, 0.2) is 0 Å². The van der Waals surface area contributed by atoms with Crippen molar-refractivity contribution in [2.75, 3.05) is 0 Å². The lowest BCUT2D eigenvalue weighted by Crippen LogP contribution is -2.53. The van der Waals surface area contributed by atoms with Gasteiger partial charge in [0.25, 0.3) is 0 Å². The van der Waals surface area contributed by atoms with Crippen LogP contribution in [-0.4, -0.2) is 33.4 Å². The molecule has 0 aromatic heterocycles. The normalized spacial score (nSPS) is 39.8. The summed E-state index contributed by atoms with van der Waals surface area (Å²) in [4.78, 5) is 21.8. The molecule has 0 saturated carbocycles. The molecule has 13 heavy (non-hydrogen) atoms. The quantitative estimate of drug-likeness (QED) is 0.562. The smallest absolute Gasteiger partial charge is 0.347 e. The maximum atomic E-state index is 11.1. The van der Waals surface area contributed by atoms with Crippen LogP contribution in [0.2, 0.25) is 0 Å². The maximum absolute atomic E-state index is 11.1. The number of aliphatic hydroxyl groups is 1. The Hall–Kier alpha value is -1.10. The highest BCUT2D eigenvalue weighted by Crippen LogP contribution is 2.31. The van der Waals surface area contributed by atoms with Crippen molar-refractivity contribution < 1.29 is 24.5 Å². The summed E-state index contributed by atoms with van der Waals surface area (Å²) >= 11 is 0. The van der Waals surface area contributed by atoms with Crippen molar-refractivity contribution in [2.45, 2.75) is 37.9 Å². The van der Waals surface area contributed by atoms with Crippen molar-refractivity contribution in [2.24, 2.45) is 0 Å². The lowest BCUT2D eigenvalue weighted by atomic mass is 9.88. The average molecular weight is 188 g/mol. The first-order chi connectivity index (χ1) is 5.78. The number of esters is 1. The van der Waals surface area contributed by atoms with Gasteiger partial charge >= 0.3 is 11.9 Å². The van der Waals surface area contributed by atoms with Gasteiger partial charge in [0.2, 0.25) is 5.60 Å². The molecule has 1 saturated heterocycles. The Bertz CT molecular complexity index is 257. The molecule has 2 atom stereocenters. The van der Waals surface area contributed by atoms with E-state index in [2.05, 4.69) is 4.74 Å². The Morgan fingerprint density at radius 1 is 1.46 bits per heavy atom. The second-order valence-corrected chi connectivity index (χ2v) is 3.70. The molecule has 0 aromatic carbocycles. The topological polar surface area (TPSA) is 83.8 Å². The van der Waals surface area contributed by atoms with Crippen LogP contribution in [0.5, 0.6) is 0 Å². The molecule has 1 aliphatic rings. The number of hydrogen-bond donors (Lipinski definition) is 2. The fourth-order valence-electron chi connectivity index (χ4n) is 1.10. The molecule has 5 heteroatoms. The van der Waals surface area contributed by atoms with Gasteiger partial charge in [-0.2, -0.15) is 0 Å². The third kappa shape index (κ3) is 1.65. The number of carbonyl (C=O) groups is 2. The van der Waals surface area contributed by atoms with Gasteiger partial charge in [-0.1, -0.05) is 0 Å². The number of rotatable bonds is 1. The molecule has 2 unspecified atom stereocenters. The zero-order chi connectivity index (χ0) is 10.3. The van der Waals surface area contributed by atoms with Crippen LogP contribution in [0.3, 0.4) is 0 Å². The van der Waals surface area contributed by atoms with Gasteiger partial charge in [-0.25, -0.2) is 9.59 Å². The lowest BCUT2D eigenvalue weighted by molar-refractivity contribution is -0.202. The monoisotopic (exact) mass is 188 g/mol. The minimum Gasteiger partial charge on any atom is -0.478 e. The molecule has 0 aromatic rings. The van der Waals surface area contributed by atoms with E-state index in [1.807, 2.05) is 0 Å². The molecule has 74 valence electrons. The fourth-order valence-corrected chi connectivity index (χ4v) is 1.10. The van der Waals surface area contributed by atoms with Gasteiger partial charge in [-0.05, 0) is 20.3 Å². The van der Waals surface area contributed by atoms with Crippen LogP contribution >= 0.6 is 0 Å². The zero-order valence-corrected chi connectivity index (χ0v) is 7.53. The standard InChI is InChI=1S/C8H12O5/c1-7(12)3-4-8(2,5(9)10)13-6(7)11/h12H,3-4H2,1-2H3,(H,9,10). The number of aliphatic carboxylic acids is 1. The maximum Gasteiger partial charge on any atom is 0.347 e. The molecule has 2 N–H and O–H groups in total. The fraction of sp³-hybridized carbons (Fsp3) is 0.750. The summed E-state index contributed by atoms with van der Waals surface area (Å²) in [5.74, 6) is -2.06. The van der Waals surface area contributed by atoms with Gasteiger partial charge < -0.3 is 14.9 Å². The molecule has 0 radical (unpaired) electrons. The van der Waals surface area contributed by atoms with Gasteiger partial charge in [-0.3, -0.25) is 0 Å². The highest BCUT2D eigenvalue weighted by atomic mass is 16.6. The summed E-state index contributed by atoms with van der Waals surface area (Å²) in [5.41, 5.74) is -3.03. The van der Waals surface area contributed by atoms with Crippen molar-refractivity contribution in [1.29, 1.82) is 0 Å². The highest BCUT2D eigenvalue weighted by Gasteiger charge is 2.48. The molecular weight excluding hydrogens is 176 g/mol. The molecule has 1 fully saturated rings. The van der Waals surface area contributed by atoms with Gasteiger partial charge in [-0.15, -0.1) is 0 Å². The summed E-state index contributed by atoms with van der Waals surface area (Å²) in [6, 6.07) is 0. The number of carboxylic acids is 1. The van der Waals surface area contributed by atoms with E-state index in [-0.39, 0.29) is 12.8 Å².